The van der Waals surface area contributed by atoms with Gasteiger partial charge < -0.3 is 19.1 Å². The van der Waals surface area contributed by atoms with Crippen molar-refractivity contribution < 1.29 is 25.8 Å². The topological polar surface area (TPSA) is 33.5 Å². The third-order valence-electron chi connectivity index (χ3n) is 16.9. The first-order valence-electron chi connectivity index (χ1n) is 28.7. The first-order chi connectivity index (χ1) is 37.4. The molecular weight excluding hydrogens is 1170 g/mol. The number of aromatic nitrogens is 2. The van der Waals surface area contributed by atoms with Crippen LogP contribution in [0, 0.1) is 18.8 Å². The Morgan fingerprint density at radius 3 is 1.41 bits per heavy atom. The summed E-state index contributed by atoms with van der Waals surface area (Å²) in [6, 6.07) is 67.7. The first kappa shape index (κ1) is 59.0. The summed E-state index contributed by atoms with van der Waals surface area (Å²) >= 11 is 0. The van der Waals surface area contributed by atoms with Gasteiger partial charge in [-0.15, -0.1) is 53.6 Å². The van der Waals surface area contributed by atoms with Gasteiger partial charge in [-0.1, -0.05) is 239 Å². The van der Waals surface area contributed by atoms with Crippen LogP contribution in [-0.4, -0.2) is 9.55 Å². The molecule has 0 N–H and O–H groups in total. The second-order valence-electron chi connectivity index (χ2n) is 28.1. The standard InChI is InChI=1S/C75H83N4O.Pt/c1-69(2,3)53-34-37-64-63(45-53)62-36-35-60(48-65(62)79(64)66-46-54(38-39-76-66)73(13,14)50-28-22-19-23-29-50)80-61-44-57(72(10,11)12)43-59(47-61)78-49-77(58-41-55(70(4,5)6)40-56(42-58)71(7,8)9)67(74(15,16)51-30-24-20-25-31-51)68(78)75(17,18)52-32-26-21-27-33-52;/h19-46,49H,1-18H3;/q-3;. The maximum absolute atomic E-state index is 7.19. The quantitative estimate of drug-likeness (QED) is 0.121. The van der Waals surface area contributed by atoms with E-state index in [1.165, 1.54) is 50.3 Å². The van der Waals surface area contributed by atoms with Crippen molar-refractivity contribution in [3.8, 4) is 17.3 Å². The molecule has 6 heteroatoms. The second kappa shape index (κ2) is 21.3. The average Bonchev–Trinajstić information content (AvgIpc) is 4.04. The van der Waals surface area contributed by atoms with Gasteiger partial charge in [-0.25, -0.2) is 4.98 Å². The minimum absolute atomic E-state index is 0. The monoisotopic (exact) mass is 1250 g/mol. The van der Waals surface area contributed by atoms with Crippen LogP contribution in [-0.2, 0) is 59.0 Å². The van der Waals surface area contributed by atoms with E-state index in [0.29, 0.717) is 11.5 Å². The van der Waals surface area contributed by atoms with E-state index >= 15 is 0 Å². The SMILES string of the molecule is CC(C)(C)c1cc(Oc2[c-]c3c(cc2)c2cc(C(C)(C)C)ccc2n3-c2cc(C(C)(C)c3ccccc3)ccn2)[c-]c(N2[CH-]N(c3cc(C(C)(C)C)cc(C(C)(C)C)c3)C(C(C)(C)c3ccccc3)=C2C(C)(C)c2ccccc2)c1.[Pt]. The Labute approximate surface area is 499 Å². The fourth-order valence-electron chi connectivity index (χ4n) is 11.5. The van der Waals surface area contributed by atoms with Gasteiger partial charge >= 0.3 is 0 Å². The smallest absolute Gasteiger partial charge is 0.135 e. The van der Waals surface area contributed by atoms with Crippen LogP contribution < -0.4 is 14.5 Å². The zero-order valence-electron chi connectivity index (χ0n) is 51.3. The van der Waals surface area contributed by atoms with Crippen LogP contribution in [0.15, 0.2) is 181 Å². The fourth-order valence-corrected chi connectivity index (χ4v) is 11.5. The van der Waals surface area contributed by atoms with Crippen LogP contribution in [0.4, 0.5) is 11.4 Å². The normalized spacial score (nSPS) is 14.0. The van der Waals surface area contributed by atoms with E-state index in [1.54, 1.807) is 0 Å². The molecule has 0 saturated carbocycles. The molecule has 5 nitrogen and oxygen atoms in total. The summed E-state index contributed by atoms with van der Waals surface area (Å²) in [6.45, 7) is 44.0. The predicted molar refractivity (Wildman–Crippen MR) is 338 cm³/mol. The summed E-state index contributed by atoms with van der Waals surface area (Å²) in [6.07, 6.45) is 1.95. The summed E-state index contributed by atoms with van der Waals surface area (Å²) < 4.78 is 9.46. The van der Waals surface area contributed by atoms with E-state index < -0.39 is 10.8 Å². The summed E-state index contributed by atoms with van der Waals surface area (Å²) in [5.41, 5.74) is 14.5. The van der Waals surface area contributed by atoms with Crippen LogP contribution in [0.3, 0.4) is 0 Å². The average molecular weight is 1250 g/mol. The van der Waals surface area contributed by atoms with Gasteiger partial charge in [0.15, 0.2) is 0 Å². The molecule has 0 fully saturated rings. The molecule has 2 aromatic heterocycles. The Morgan fingerprint density at radius 2 is 0.889 bits per heavy atom. The molecule has 0 atom stereocenters. The molecule has 1 aliphatic heterocycles. The third kappa shape index (κ3) is 11.3. The number of hydrogen-bond donors (Lipinski definition) is 0. The minimum atomic E-state index is -0.504. The molecular formula is C75H83N4OPt-3. The largest absolute Gasteiger partial charge is 0.509 e. The van der Waals surface area contributed by atoms with Gasteiger partial charge in [0, 0.05) is 77.6 Å². The molecule has 422 valence electrons. The van der Waals surface area contributed by atoms with E-state index in [4.69, 9.17) is 9.72 Å². The Hall–Kier alpha value is -6.68. The molecule has 10 rings (SSSR count). The molecule has 0 spiro atoms. The zero-order chi connectivity index (χ0) is 57.5. The molecule has 81 heavy (non-hydrogen) atoms. The molecule has 3 heterocycles. The molecule has 0 unspecified atom stereocenters. The number of fused-ring (bicyclic) bond motifs is 3. The number of rotatable bonds is 11. The predicted octanol–water partition coefficient (Wildman–Crippen LogP) is 19.7. The van der Waals surface area contributed by atoms with Crippen molar-refractivity contribution in [2.75, 3.05) is 9.80 Å². The fraction of sp³-hybridized carbons (Fsp3) is 0.333. The van der Waals surface area contributed by atoms with Gasteiger partial charge in [0.05, 0.1) is 0 Å². The molecule has 0 amide bonds. The van der Waals surface area contributed by atoms with E-state index in [-0.39, 0.29) is 48.1 Å². The number of nitrogens with zero attached hydrogens (tertiary/aromatic N) is 4. The summed E-state index contributed by atoms with van der Waals surface area (Å²) in [7, 11) is 0. The number of benzene rings is 7. The molecule has 1 aliphatic rings. The Bertz CT molecular complexity index is 3750. The third-order valence-corrected chi connectivity index (χ3v) is 16.9. The molecule has 0 aliphatic carbocycles. The molecule has 0 radical (unpaired) electrons. The number of pyridine rings is 1. The van der Waals surface area contributed by atoms with Crippen LogP contribution in [0.25, 0.3) is 27.6 Å². The zero-order valence-corrected chi connectivity index (χ0v) is 53.5. The van der Waals surface area contributed by atoms with Gasteiger partial charge in [-0.2, -0.15) is 6.07 Å². The first-order valence-corrected chi connectivity index (χ1v) is 28.7. The minimum Gasteiger partial charge on any atom is -0.509 e. The van der Waals surface area contributed by atoms with E-state index in [1.807, 2.05) is 6.20 Å². The molecule has 7 aromatic carbocycles. The van der Waals surface area contributed by atoms with Crippen molar-refractivity contribution in [1.82, 2.24) is 9.55 Å². The van der Waals surface area contributed by atoms with Gasteiger partial charge in [0.25, 0.3) is 0 Å². The van der Waals surface area contributed by atoms with Crippen LogP contribution >= 0.6 is 0 Å². The van der Waals surface area contributed by atoms with Crippen molar-refractivity contribution >= 4 is 33.2 Å². The van der Waals surface area contributed by atoms with Gasteiger partial charge in [-0.05, 0) is 96.3 Å². The van der Waals surface area contributed by atoms with Gasteiger partial charge in [0.2, 0.25) is 0 Å². The number of anilines is 2. The van der Waals surface area contributed by atoms with Crippen LogP contribution in [0.2, 0.25) is 0 Å². The van der Waals surface area contributed by atoms with Crippen molar-refractivity contribution in [2.45, 2.75) is 163 Å². The molecule has 9 aromatic rings. The maximum atomic E-state index is 7.19. The van der Waals surface area contributed by atoms with Gasteiger partial charge in [0.1, 0.15) is 5.82 Å². The number of hydrogen-bond acceptors (Lipinski definition) is 4. The van der Waals surface area contributed by atoms with Crippen molar-refractivity contribution in [1.29, 1.82) is 0 Å². The summed E-state index contributed by atoms with van der Waals surface area (Å²) in [5, 5.41) is 2.24. The van der Waals surface area contributed by atoms with Crippen LogP contribution in [0.5, 0.6) is 11.5 Å². The molecule has 0 bridgehead atoms. The Kier molecular flexibility index (Phi) is 15.5. The maximum Gasteiger partial charge on any atom is 0.135 e. The van der Waals surface area contributed by atoms with E-state index in [0.717, 1.165) is 44.6 Å². The van der Waals surface area contributed by atoms with E-state index in [2.05, 4.69) is 322 Å². The van der Waals surface area contributed by atoms with Crippen molar-refractivity contribution in [3.05, 3.63) is 245 Å². The van der Waals surface area contributed by atoms with Crippen molar-refractivity contribution in [3.63, 3.8) is 0 Å². The summed E-state index contributed by atoms with van der Waals surface area (Å²) in [5.74, 6) is 2.04. The Morgan fingerprint density at radius 1 is 0.395 bits per heavy atom. The Balaban J connectivity index is 0.00000792. The molecule has 0 saturated heterocycles. The van der Waals surface area contributed by atoms with Gasteiger partial charge in [-0.3, -0.25) is 0 Å². The van der Waals surface area contributed by atoms with Crippen molar-refractivity contribution in [2.24, 2.45) is 0 Å². The summed E-state index contributed by atoms with van der Waals surface area (Å²) in [4.78, 5) is 10.0. The van der Waals surface area contributed by atoms with Crippen LogP contribution in [0.1, 0.15) is 169 Å². The van der Waals surface area contributed by atoms with E-state index in [9.17, 15) is 0 Å². The number of allylic oxidation sites excluding steroid dienone is 2. The number of ether oxygens (including phenoxy) is 1. The second-order valence-corrected chi connectivity index (χ2v) is 28.1.